The van der Waals surface area contributed by atoms with Crippen LogP contribution in [0.15, 0.2) is 18.2 Å². The molecule has 0 bridgehead atoms. The Bertz CT molecular complexity index is 483. The number of aliphatic hydroxyl groups excluding tert-OH is 1. The number of nitrogens with one attached hydrogen (secondary N) is 1. The molecule has 0 aromatic heterocycles. The Morgan fingerprint density at radius 2 is 2.22 bits per heavy atom. The standard InChI is InChI=1S/C15H19NO2/c1-4-12(3)16-15(18)14-8-7-13(6-5-9-17)11(2)10-14/h7-8,10,12,17H,4,9H2,1-3H3,(H,16,18). The predicted octanol–water partition coefficient (Wildman–Crippen LogP) is 1.87. The van der Waals surface area contributed by atoms with Gasteiger partial charge in [0.05, 0.1) is 0 Å². The molecule has 0 fully saturated rings. The van der Waals surface area contributed by atoms with Crippen LogP contribution in [0.4, 0.5) is 0 Å². The van der Waals surface area contributed by atoms with Gasteiger partial charge in [0.1, 0.15) is 6.61 Å². The Balaban J connectivity index is 2.87. The summed E-state index contributed by atoms with van der Waals surface area (Å²) in [5.41, 5.74) is 2.42. The van der Waals surface area contributed by atoms with Crippen LogP contribution < -0.4 is 5.32 Å². The molecular weight excluding hydrogens is 226 g/mol. The molecule has 18 heavy (non-hydrogen) atoms. The monoisotopic (exact) mass is 245 g/mol. The van der Waals surface area contributed by atoms with E-state index < -0.39 is 0 Å². The molecular formula is C15H19NO2. The van der Waals surface area contributed by atoms with Crippen LogP contribution in [0.2, 0.25) is 0 Å². The van der Waals surface area contributed by atoms with Crippen LogP contribution in [0.25, 0.3) is 0 Å². The van der Waals surface area contributed by atoms with Gasteiger partial charge in [-0.25, -0.2) is 0 Å². The lowest BCUT2D eigenvalue weighted by molar-refractivity contribution is 0.0939. The molecule has 1 rings (SSSR count). The third-order valence-corrected chi connectivity index (χ3v) is 2.78. The lowest BCUT2D eigenvalue weighted by atomic mass is 10.0. The number of aryl methyl sites for hydroxylation is 1. The fraction of sp³-hybridized carbons (Fsp3) is 0.400. The maximum Gasteiger partial charge on any atom is 0.251 e. The topological polar surface area (TPSA) is 49.3 Å². The van der Waals surface area contributed by atoms with E-state index in [0.29, 0.717) is 5.56 Å². The molecule has 3 nitrogen and oxygen atoms in total. The summed E-state index contributed by atoms with van der Waals surface area (Å²) in [6, 6.07) is 5.56. The van der Waals surface area contributed by atoms with Crippen molar-refractivity contribution in [3.05, 3.63) is 34.9 Å². The molecule has 0 aliphatic heterocycles. The van der Waals surface area contributed by atoms with Crippen molar-refractivity contribution >= 4 is 5.91 Å². The Hall–Kier alpha value is -1.79. The normalized spacial score (nSPS) is 11.3. The van der Waals surface area contributed by atoms with E-state index in [1.54, 1.807) is 6.07 Å². The van der Waals surface area contributed by atoms with Crippen molar-refractivity contribution in [3.63, 3.8) is 0 Å². The van der Waals surface area contributed by atoms with Crippen molar-refractivity contribution in [2.24, 2.45) is 0 Å². The first-order valence-electron chi connectivity index (χ1n) is 6.09. The Morgan fingerprint density at radius 1 is 1.50 bits per heavy atom. The smallest absolute Gasteiger partial charge is 0.251 e. The number of hydrogen-bond donors (Lipinski definition) is 2. The molecule has 0 saturated carbocycles. The highest BCUT2D eigenvalue weighted by Crippen LogP contribution is 2.10. The van der Waals surface area contributed by atoms with E-state index in [0.717, 1.165) is 17.5 Å². The Labute approximate surface area is 108 Å². The molecule has 0 aliphatic rings. The summed E-state index contributed by atoms with van der Waals surface area (Å²) in [7, 11) is 0. The molecule has 0 spiro atoms. The van der Waals surface area contributed by atoms with E-state index in [9.17, 15) is 4.79 Å². The average Bonchev–Trinajstić information content (AvgIpc) is 2.37. The van der Waals surface area contributed by atoms with Crippen LogP contribution in [0.1, 0.15) is 41.8 Å². The molecule has 1 aromatic rings. The van der Waals surface area contributed by atoms with E-state index in [2.05, 4.69) is 17.2 Å². The van der Waals surface area contributed by atoms with E-state index >= 15 is 0 Å². The van der Waals surface area contributed by atoms with Gasteiger partial charge in [0, 0.05) is 17.2 Å². The summed E-state index contributed by atoms with van der Waals surface area (Å²) in [5, 5.41) is 11.6. The van der Waals surface area contributed by atoms with Crippen LogP contribution in [0.3, 0.4) is 0 Å². The summed E-state index contributed by atoms with van der Waals surface area (Å²) >= 11 is 0. The predicted molar refractivity (Wildman–Crippen MR) is 72.4 cm³/mol. The van der Waals surface area contributed by atoms with Crippen molar-refractivity contribution in [2.75, 3.05) is 6.61 Å². The van der Waals surface area contributed by atoms with Crippen molar-refractivity contribution in [1.29, 1.82) is 0 Å². The van der Waals surface area contributed by atoms with Gasteiger partial charge in [-0.2, -0.15) is 0 Å². The number of hydrogen-bond acceptors (Lipinski definition) is 2. The zero-order chi connectivity index (χ0) is 13.5. The first kappa shape index (κ1) is 14.3. The molecule has 1 aromatic carbocycles. The van der Waals surface area contributed by atoms with Crippen molar-refractivity contribution in [3.8, 4) is 11.8 Å². The van der Waals surface area contributed by atoms with E-state index in [-0.39, 0.29) is 18.6 Å². The maximum atomic E-state index is 11.9. The third-order valence-electron chi connectivity index (χ3n) is 2.78. The highest BCUT2D eigenvalue weighted by atomic mass is 16.2. The van der Waals surface area contributed by atoms with Gasteiger partial charge in [0.25, 0.3) is 5.91 Å². The van der Waals surface area contributed by atoms with Crippen LogP contribution >= 0.6 is 0 Å². The van der Waals surface area contributed by atoms with E-state index in [1.165, 1.54) is 0 Å². The average molecular weight is 245 g/mol. The molecule has 0 aliphatic carbocycles. The minimum atomic E-state index is -0.157. The van der Waals surface area contributed by atoms with Crippen molar-refractivity contribution in [2.45, 2.75) is 33.2 Å². The van der Waals surface area contributed by atoms with Gasteiger partial charge in [0.2, 0.25) is 0 Å². The molecule has 3 heteroatoms. The van der Waals surface area contributed by atoms with Crippen LogP contribution in [0.5, 0.6) is 0 Å². The van der Waals surface area contributed by atoms with E-state index in [4.69, 9.17) is 5.11 Å². The molecule has 0 radical (unpaired) electrons. The van der Waals surface area contributed by atoms with Gasteiger partial charge < -0.3 is 10.4 Å². The summed E-state index contributed by atoms with van der Waals surface area (Å²) in [6.45, 7) is 5.76. The number of amides is 1. The number of aliphatic hydroxyl groups is 1. The van der Waals surface area contributed by atoms with Gasteiger partial charge in [-0.1, -0.05) is 18.8 Å². The number of carbonyl (C=O) groups excluding carboxylic acids is 1. The van der Waals surface area contributed by atoms with Gasteiger partial charge in [-0.05, 0) is 44.0 Å². The van der Waals surface area contributed by atoms with Crippen LogP contribution in [-0.2, 0) is 0 Å². The van der Waals surface area contributed by atoms with Gasteiger partial charge in [-0.15, -0.1) is 0 Å². The number of rotatable bonds is 3. The largest absolute Gasteiger partial charge is 0.384 e. The maximum absolute atomic E-state index is 11.9. The fourth-order valence-electron chi connectivity index (χ4n) is 1.49. The zero-order valence-corrected chi connectivity index (χ0v) is 11.1. The van der Waals surface area contributed by atoms with Crippen molar-refractivity contribution < 1.29 is 9.90 Å². The molecule has 1 atom stereocenters. The van der Waals surface area contributed by atoms with Gasteiger partial charge in [-0.3, -0.25) is 4.79 Å². The SMILES string of the molecule is CCC(C)NC(=O)c1ccc(C#CCO)c(C)c1. The minimum Gasteiger partial charge on any atom is -0.384 e. The van der Waals surface area contributed by atoms with Gasteiger partial charge in [0.15, 0.2) is 0 Å². The summed E-state index contributed by atoms with van der Waals surface area (Å²) in [5.74, 6) is 5.39. The van der Waals surface area contributed by atoms with Crippen LogP contribution in [-0.4, -0.2) is 23.7 Å². The second-order valence-electron chi connectivity index (χ2n) is 4.27. The van der Waals surface area contributed by atoms with E-state index in [1.807, 2.05) is 32.9 Å². The third kappa shape index (κ3) is 3.90. The van der Waals surface area contributed by atoms with Crippen molar-refractivity contribution in [1.82, 2.24) is 5.32 Å². The van der Waals surface area contributed by atoms with Crippen LogP contribution in [0, 0.1) is 18.8 Å². The molecule has 0 saturated heterocycles. The number of benzene rings is 1. The zero-order valence-electron chi connectivity index (χ0n) is 11.1. The first-order valence-corrected chi connectivity index (χ1v) is 6.09. The lowest BCUT2D eigenvalue weighted by Gasteiger charge is -2.11. The first-order chi connectivity index (χ1) is 8.58. The fourth-order valence-corrected chi connectivity index (χ4v) is 1.49. The quantitative estimate of drug-likeness (QED) is 0.799. The molecule has 96 valence electrons. The lowest BCUT2D eigenvalue weighted by Crippen LogP contribution is -2.31. The Kier molecular flexibility index (Phi) is 5.41. The summed E-state index contributed by atoms with van der Waals surface area (Å²) in [6.07, 6.45) is 0.908. The Morgan fingerprint density at radius 3 is 2.78 bits per heavy atom. The second-order valence-corrected chi connectivity index (χ2v) is 4.27. The highest BCUT2D eigenvalue weighted by Gasteiger charge is 2.09. The molecule has 2 N–H and O–H groups in total. The second kappa shape index (κ2) is 6.83. The molecule has 0 heterocycles. The molecule has 1 unspecified atom stereocenters. The highest BCUT2D eigenvalue weighted by molar-refractivity contribution is 5.94. The molecule has 1 amide bonds. The number of carbonyl (C=O) groups is 1. The van der Waals surface area contributed by atoms with Gasteiger partial charge >= 0.3 is 0 Å². The summed E-state index contributed by atoms with van der Waals surface area (Å²) < 4.78 is 0. The summed E-state index contributed by atoms with van der Waals surface area (Å²) in [4.78, 5) is 11.9. The minimum absolute atomic E-state index is 0.0610.